The smallest absolute Gasteiger partial charge is 0.405 e. The van der Waals surface area contributed by atoms with Crippen LogP contribution in [0.4, 0.5) is 18.9 Å². The van der Waals surface area contributed by atoms with Gasteiger partial charge in [-0.2, -0.15) is 0 Å². The standard InChI is InChI=1S/C22H16Cl2F3NO4S/c1-33(30,31)15-8-6-13(7-9-15)10-20(29)28-14-11-17(23)21(18(24)12-14)16-4-2-3-5-19(16)32-22(25,26)27/h2-9,11-12H,10H2,1H3,(H,28,29). The van der Waals surface area contributed by atoms with Gasteiger partial charge in [-0.1, -0.05) is 53.5 Å². The number of rotatable bonds is 6. The second kappa shape index (κ2) is 9.62. The molecule has 0 atom stereocenters. The molecule has 0 aromatic heterocycles. The quantitative estimate of drug-likeness (QED) is 0.426. The fourth-order valence-electron chi connectivity index (χ4n) is 3.03. The van der Waals surface area contributed by atoms with Crippen LogP contribution in [0.3, 0.4) is 0 Å². The third kappa shape index (κ3) is 6.63. The lowest BCUT2D eigenvalue weighted by Crippen LogP contribution is -2.17. The van der Waals surface area contributed by atoms with E-state index in [1.54, 1.807) is 0 Å². The first-order valence-corrected chi connectivity index (χ1v) is 11.9. The highest BCUT2D eigenvalue weighted by molar-refractivity contribution is 7.90. The zero-order chi connectivity index (χ0) is 24.4. The number of benzene rings is 3. The maximum absolute atomic E-state index is 12.7. The van der Waals surface area contributed by atoms with E-state index < -0.39 is 27.9 Å². The number of para-hydroxylation sites is 1. The highest BCUT2D eigenvalue weighted by Crippen LogP contribution is 2.42. The summed E-state index contributed by atoms with van der Waals surface area (Å²) in [6.07, 6.45) is -3.87. The molecule has 0 bridgehead atoms. The Kier molecular flexibility index (Phi) is 7.26. The van der Waals surface area contributed by atoms with Crippen LogP contribution in [0.2, 0.25) is 10.0 Å². The summed E-state index contributed by atoms with van der Waals surface area (Å²) in [5, 5.41) is 2.63. The minimum absolute atomic E-state index is 0.00790. The van der Waals surface area contributed by atoms with E-state index in [-0.39, 0.29) is 38.2 Å². The van der Waals surface area contributed by atoms with Crippen molar-refractivity contribution in [2.75, 3.05) is 11.6 Å². The van der Waals surface area contributed by atoms with Gasteiger partial charge in [-0.25, -0.2) is 8.42 Å². The van der Waals surface area contributed by atoms with Crippen molar-refractivity contribution < 1.29 is 31.1 Å². The first-order valence-electron chi connectivity index (χ1n) is 9.26. The van der Waals surface area contributed by atoms with Gasteiger partial charge < -0.3 is 10.1 Å². The van der Waals surface area contributed by atoms with Gasteiger partial charge in [-0.05, 0) is 35.9 Å². The lowest BCUT2D eigenvalue weighted by molar-refractivity contribution is -0.274. The largest absolute Gasteiger partial charge is 0.573 e. The minimum Gasteiger partial charge on any atom is -0.405 e. The zero-order valence-corrected chi connectivity index (χ0v) is 19.2. The molecule has 0 spiro atoms. The summed E-state index contributed by atoms with van der Waals surface area (Å²) in [5.74, 6) is -0.897. The summed E-state index contributed by atoms with van der Waals surface area (Å²) >= 11 is 12.6. The van der Waals surface area contributed by atoms with Crippen molar-refractivity contribution >= 4 is 44.6 Å². The van der Waals surface area contributed by atoms with E-state index in [2.05, 4.69) is 10.1 Å². The Morgan fingerprint density at radius 1 is 1.00 bits per heavy atom. The zero-order valence-electron chi connectivity index (χ0n) is 16.9. The fourth-order valence-corrected chi connectivity index (χ4v) is 4.36. The van der Waals surface area contributed by atoms with Crippen LogP contribution in [-0.4, -0.2) is 26.9 Å². The number of anilines is 1. The van der Waals surface area contributed by atoms with E-state index in [0.29, 0.717) is 5.56 Å². The van der Waals surface area contributed by atoms with Crippen molar-refractivity contribution in [2.24, 2.45) is 0 Å². The first-order chi connectivity index (χ1) is 15.3. The Balaban J connectivity index is 1.81. The minimum atomic E-state index is -4.90. The van der Waals surface area contributed by atoms with Crippen molar-refractivity contribution in [2.45, 2.75) is 17.7 Å². The normalized spacial score (nSPS) is 11.8. The summed E-state index contributed by atoms with van der Waals surface area (Å²) in [5.41, 5.74) is 0.967. The number of hydrogen-bond donors (Lipinski definition) is 1. The Hall–Kier alpha value is -2.75. The van der Waals surface area contributed by atoms with Crippen LogP contribution in [0.1, 0.15) is 5.56 Å². The molecule has 1 N–H and O–H groups in total. The number of halogens is 5. The molecule has 33 heavy (non-hydrogen) atoms. The number of sulfone groups is 1. The van der Waals surface area contributed by atoms with Crippen LogP contribution in [0.15, 0.2) is 65.6 Å². The Morgan fingerprint density at radius 3 is 2.12 bits per heavy atom. The van der Waals surface area contributed by atoms with Crippen LogP contribution in [0, 0.1) is 0 Å². The Morgan fingerprint density at radius 2 is 1.58 bits per heavy atom. The monoisotopic (exact) mass is 517 g/mol. The number of carbonyl (C=O) groups is 1. The van der Waals surface area contributed by atoms with Crippen molar-refractivity contribution in [3.05, 3.63) is 76.3 Å². The molecule has 174 valence electrons. The summed E-state index contributed by atoms with van der Waals surface area (Å²) in [6, 6.07) is 14.0. The van der Waals surface area contributed by atoms with Gasteiger partial charge in [0.1, 0.15) is 5.75 Å². The lowest BCUT2D eigenvalue weighted by Gasteiger charge is -2.16. The van der Waals surface area contributed by atoms with Gasteiger partial charge in [0, 0.05) is 23.1 Å². The predicted octanol–water partition coefficient (Wildman–Crippen LogP) is 6.14. The van der Waals surface area contributed by atoms with Gasteiger partial charge >= 0.3 is 6.36 Å². The number of nitrogens with one attached hydrogen (secondary N) is 1. The highest BCUT2D eigenvalue weighted by Gasteiger charge is 2.32. The van der Waals surface area contributed by atoms with E-state index in [4.69, 9.17) is 23.2 Å². The molecule has 0 heterocycles. The van der Waals surface area contributed by atoms with E-state index in [0.717, 1.165) is 12.3 Å². The maximum Gasteiger partial charge on any atom is 0.573 e. The second-order valence-corrected chi connectivity index (χ2v) is 9.83. The Labute approximate surface area is 198 Å². The number of hydrogen-bond acceptors (Lipinski definition) is 4. The van der Waals surface area contributed by atoms with Crippen molar-refractivity contribution in [3.63, 3.8) is 0 Å². The molecule has 11 heteroatoms. The molecule has 0 unspecified atom stereocenters. The van der Waals surface area contributed by atoms with E-state index in [9.17, 15) is 26.4 Å². The molecule has 5 nitrogen and oxygen atoms in total. The molecule has 0 aliphatic heterocycles. The number of ether oxygens (including phenoxy) is 1. The molecular formula is C22H16Cl2F3NO4S. The van der Waals surface area contributed by atoms with Crippen molar-refractivity contribution in [1.29, 1.82) is 0 Å². The van der Waals surface area contributed by atoms with Crippen LogP contribution in [-0.2, 0) is 21.1 Å². The molecule has 3 rings (SSSR count). The van der Waals surface area contributed by atoms with Crippen LogP contribution in [0.25, 0.3) is 11.1 Å². The molecule has 0 saturated heterocycles. The summed E-state index contributed by atoms with van der Waals surface area (Å²) in [6.45, 7) is 0. The average Bonchev–Trinajstić information content (AvgIpc) is 2.67. The Bertz CT molecular complexity index is 1270. The lowest BCUT2D eigenvalue weighted by atomic mass is 10.0. The van der Waals surface area contributed by atoms with Gasteiger partial charge in [0.15, 0.2) is 9.84 Å². The summed E-state index contributed by atoms with van der Waals surface area (Å²) < 4.78 is 65.3. The van der Waals surface area contributed by atoms with Crippen LogP contribution < -0.4 is 10.1 Å². The number of amides is 1. The van der Waals surface area contributed by atoms with Crippen molar-refractivity contribution in [3.8, 4) is 16.9 Å². The second-order valence-electron chi connectivity index (χ2n) is 7.00. The number of alkyl halides is 3. The van der Waals surface area contributed by atoms with Gasteiger partial charge in [-0.15, -0.1) is 13.2 Å². The predicted molar refractivity (Wildman–Crippen MR) is 120 cm³/mol. The molecular weight excluding hydrogens is 502 g/mol. The van der Waals surface area contributed by atoms with Crippen LogP contribution in [0.5, 0.6) is 5.75 Å². The molecule has 3 aromatic rings. The van der Waals surface area contributed by atoms with Gasteiger partial charge in [0.05, 0.1) is 21.4 Å². The van der Waals surface area contributed by atoms with Gasteiger partial charge in [0.25, 0.3) is 0 Å². The van der Waals surface area contributed by atoms with Crippen molar-refractivity contribution in [1.82, 2.24) is 0 Å². The fraction of sp³-hybridized carbons (Fsp3) is 0.136. The molecule has 0 aliphatic carbocycles. The van der Waals surface area contributed by atoms with Gasteiger partial charge in [0.2, 0.25) is 5.91 Å². The molecule has 1 amide bonds. The van der Waals surface area contributed by atoms with Gasteiger partial charge in [-0.3, -0.25) is 4.79 Å². The summed E-state index contributed by atoms with van der Waals surface area (Å²) in [4.78, 5) is 12.5. The SMILES string of the molecule is CS(=O)(=O)c1ccc(CC(=O)Nc2cc(Cl)c(-c3ccccc3OC(F)(F)F)c(Cl)c2)cc1. The average molecular weight is 518 g/mol. The van der Waals surface area contributed by atoms with E-state index in [1.165, 1.54) is 54.6 Å². The molecule has 3 aromatic carbocycles. The van der Waals surface area contributed by atoms with E-state index in [1.807, 2.05) is 0 Å². The van der Waals surface area contributed by atoms with E-state index >= 15 is 0 Å². The molecule has 0 aliphatic rings. The number of carbonyl (C=O) groups excluding carboxylic acids is 1. The highest BCUT2D eigenvalue weighted by atomic mass is 35.5. The first kappa shape index (κ1) is 24.9. The maximum atomic E-state index is 12.7. The van der Waals surface area contributed by atoms with Crippen LogP contribution >= 0.6 is 23.2 Å². The molecule has 0 radical (unpaired) electrons. The third-order valence-corrected chi connectivity index (χ3v) is 6.15. The summed E-state index contributed by atoms with van der Waals surface area (Å²) in [7, 11) is -3.35. The molecule has 0 saturated carbocycles. The topological polar surface area (TPSA) is 72.5 Å². The third-order valence-electron chi connectivity index (χ3n) is 4.42. The molecule has 0 fully saturated rings.